The Kier molecular flexibility index (Phi) is 8.07. The molecule has 0 saturated heterocycles. The van der Waals surface area contributed by atoms with E-state index in [1.165, 1.54) is 25.7 Å². The van der Waals surface area contributed by atoms with Crippen molar-refractivity contribution in [3.63, 3.8) is 0 Å². The molecule has 0 bridgehead atoms. The molecule has 0 aliphatic carbocycles. The van der Waals surface area contributed by atoms with Gasteiger partial charge >= 0.3 is 0 Å². The van der Waals surface area contributed by atoms with Gasteiger partial charge in [-0.05, 0) is 6.42 Å². The van der Waals surface area contributed by atoms with Crippen LogP contribution in [-0.4, -0.2) is 5.78 Å². The third kappa shape index (κ3) is 8.01. The first-order valence-electron chi connectivity index (χ1n) is 5.50. The second-order valence-electron chi connectivity index (χ2n) is 3.99. The van der Waals surface area contributed by atoms with Crippen LogP contribution in [0.2, 0.25) is 0 Å². The fourth-order valence-electron chi connectivity index (χ4n) is 1.30. The molecule has 1 heteroatoms. The van der Waals surface area contributed by atoms with E-state index in [0.717, 1.165) is 19.3 Å². The van der Waals surface area contributed by atoms with E-state index in [9.17, 15) is 4.79 Å². The minimum absolute atomic E-state index is 0.222. The zero-order valence-corrected chi connectivity index (χ0v) is 9.14. The highest BCUT2D eigenvalue weighted by atomic mass is 16.1. The molecule has 0 aromatic rings. The number of carbonyl (C=O) groups is 1. The lowest BCUT2D eigenvalue weighted by Crippen LogP contribution is -2.05. The van der Waals surface area contributed by atoms with Crippen molar-refractivity contribution in [2.45, 2.75) is 58.8 Å². The highest BCUT2D eigenvalue weighted by molar-refractivity contribution is 5.80. The van der Waals surface area contributed by atoms with Crippen molar-refractivity contribution in [2.75, 3.05) is 0 Å². The predicted molar refractivity (Wildman–Crippen MR) is 57.5 cm³/mol. The van der Waals surface area contributed by atoms with Crippen molar-refractivity contribution in [3.05, 3.63) is 6.92 Å². The molecule has 0 amide bonds. The largest absolute Gasteiger partial charge is 0.299 e. The Balaban J connectivity index is 3.12. The summed E-state index contributed by atoms with van der Waals surface area (Å²) in [4.78, 5) is 11.2. The van der Waals surface area contributed by atoms with Gasteiger partial charge in [0, 0.05) is 12.3 Å². The minimum atomic E-state index is 0.222. The van der Waals surface area contributed by atoms with Crippen LogP contribution in [-0.2, 0) is 4.79 Å². The maximum Gasteiger partial charge on any atom is 0.135 e. The van der Waals surface area contributed by atoms with Crippen molar-refractivity contribution >= 4 is 5.78 Å². The van der Waals surface area contributed by atoms with Crippen LogP contribution in [0.4, 0.5) is 0 Å². The van der Waals surface area contributed by atoms with E-state index in [-0.39, 0.29) is 5.92 Å². The molecule has 13 heavy (non-hydrogen) atoms. The van der Waals surface area contributed by atoms with Crippen LogP contribution in [0.3, 0.4) is 0 Å². The van der Waals surface area contributed by atoms with E-state index in [2.05, 4.69) is 6.92 Å². The Morgan fingerprint density at radius 1 is 1.08 bits per heavy atom. The van der Waals surface area contributed by atoms with Crippen molar-refractivity contribution in [1.29, 1.82) is 0 Å². The van der Waals surface area contributed by atoms with Crippen LogP contribution in [0, 0.1) is 12.8 Å². The first-order valence-corrected chi connectivity index (χ1v) is 5.50. The average molecular weight is 183 g/mol. The molecule has 0 aromatic carbocycles. The molecule has 0 aliphatic rings. The molecule has 0 atom stereocenters. The van der Waals surface area contributed by atoms with Crippen LogP contribution < -0.4 is 0 Å². The van der Waals surface area contributed by atoms with E-state index in [1.54, 1.807) is 0 Å². The number of hydrogen-bond acceptors (Lipinski definition) is 1. The maximum atomic E-state index is 11.2. The summed E-state index contributed by atoms with van der Waals surface area (Å²) in [5.41, 5.74) is 0. The standard InChI is InChI=1S/C12H23O/c1-4-5-6-7-8-9-10-12(13)11(2)3/h11H,1,4-10H2,2-3H3. The predicted octanol–water partition coefficient (Wildman–Crippen LogP) is 3.78. The van der Waals surface area contributed by atoms with Crippen molar-refractivity contribution in [2.24, 2.45) is 5.92 Å². The number of ketones is 1. The first kappa shape index (κ1) is 12.7. The lowest BCUT2D eigenvalue weighted by Gasteiger charge is -2.03. The van der Waals surface area contributed by atoms with Crippen molar-refractivity contribution in [1.82, 2.24) is 0 Å². The SMILES string of the molecule is [CH2]CCCCCCCC(=O)C(C)C. The Labute approximate surface area is 82.9 Å². The molecule has 0 spiro atoms. The van der Waals surface area contributed by atoms with E-state index in [1.807, 2.05) is 13.8 Å². The Hall–Kier alpha value is -0.330. The molecule has 0 unspecified atom stereocenters. The molecule has 0 N–H and O–H groups in total. The molecule has 1 radical (unpaired) electrons. The minimum Gasteiger partial charge on any atom is -0.299 e. The fraction of sp³-hybridized carbons (Fsp3) is 0.833. The van der Waals surface area contributed by atoms with Gasteiger partial charge in [0.15, 0.2) is 0 Å². The zero-order valence-electron chi connectivity index (χ0n) is 9.14. The summed E-state index contributed by atoms with van der Waals surface area (Å²) in [7, 11) is 0. The van der Waals surface area contributed by atoms with Gasteiger partial charge in [-0.15, -0.1) is 0 Å². The Morgan fingerprint density at radius 2 is 1.62 bits per heavy atom. The molecule has 1 nitrogen and oxygen atoms in total. The summed E-state index contributed by atoms with van der Waals surface area (Å²) in [6, 6.07) is 0. The first-order chi connectivity index (χ1) is 6.18. The van der Waals surface area contributed by atoms with Gasteiger partial charge < -0.3 is 0 Å². The molecule has 0 aliphatic heterocycles. The lowest BCUT2D eigenvalue weighted by atomic mass is 10.0. The van der Waals surface area contributed by atoms with Crippen LogP contribution >= 0.6 is 0 Å². The second-order valence-corrected chi connectivity index (χ2v) is 3.99. The van der Waals surface area contributed by atoms with Gasteiger partial charge in [0.1, 0.15) is 5.78 Å². The third-order valence-electron chi connectivity index (χ3n) is 2.32. The summed E-state index contributed by atoms with van der Waals surface area (Å²) >= 11 is 0. The summed E-state index contributed by atoms with van der Waals surface area (Å²) in [5.74, 6) is 0.636. The van der Waals surface area contributed by atoms with Crippen LogP contribution in [0.5, 0.6) is 0 Å². The molecule has 0 heterocycles. The highest BCUT2D eigenvalue weighted by Crippen LogP contribution is 2.09. The monoisotopic (exact) mass is 183 g/mol. The molecule has 77 valence electrons. The number of Topliss-reactive ketones (excluding diaryl/α,β-unsaturated/α-hetero) is 1. The molecule has 0 saturated carbocycles. The molecule has 0 rings (SSSR count). The van der Waals surface area contributed by atoms with Gasteiger partial charge in [-0.3, -0.25) is 4.79 Å². The summed E-state index contributed by atoms with van der Waals surface area (Å²) < 4.78 is 0. The van der Waals surface area contributed by atoms with Crippen molar-refractivity contribution in [3.8, 4) is 0 Å². The van der Waals surface area contributed by atoms with Gasteiger partial charge in [0.2, 0.25) is 0 Å². The smallest absolute Gasteiger partial charge is 0.135 e. The van der Waals surface area contributed by atoms with E-state index in [4.69, 9.17) is 0 Å². The summed E-state index contributed by atoms with van der Waals surface area (Å²) in [6.07, 6.45) is 7.89. The summed E-state index contributed by atoms with van der Waals surface area (Å²) in [6.45, 7) is 7.76. The van der Waals surface area contributed by atoms with Crippen LogP contribution in [0.15, 0.2) is 0 Å². The summed E-state index contributed by atoms with van der Waals surface area (Å²) in [5, 5.41) is 0. The van der Waals surface area contributed by atoms with Crippen LogP contribution in [0.25, 0.3) is 0 Å². The number of rotatable bonds is 8. The number of unbranched alkanes of at least 4 members (excludes halogenated alkanes) is 5. The second kappa shape index (κ2) is 8.28. The van der Waals surface area contributed by atoms with E-state index < -0.39 is 0 Å². The fourth-order valence-corrected chi connectivity index (χ4v) is 1.30. The normalized spacial score (nSPS) is 10.8. The van der Waals surface area contributed by atoms with Crippen LogP contribution in [0.1, 0.15) is 58.8 Å². The van der Waals surface area contributed by atoms with Gasteiger partial charge in [-0.1, -0.05) is 52.9 Å². The quantitative estimate of drug-likeness (QED) is 0.523. The Morgan fingerprint density at radius 3 is 2.15 bits per heavy atom. The van der Waals surface area contributed by atoms with E-state index >= 15 is 0 Å². The Bertz CT molecular complexity index is 127. The average Bonchev–Trinajstić information content (AvgIpc) is 2.10. The van der Waals surface area contributed by atoms with Gasteiger partial charge in [0.25, 0.3) is 0 Å². The van der Waals surface area contributed by atoms with Gasteiger partial charge in [-0.25, -0.2) is 0 Å². The molecular formula is C12H23O. The van der Waals surface area contributed by atoms with E-state index in [0.29, 0.717) is 5.78 Å². The molecule has 0 aromatic heterocycles. The zero-order chi connectivity index (χ0) is 10.1. The highest BCUT2D eigenvalue weighted by Gasteiger charge is 2.05. The molecule has 0 fully saturated rings. The van der Waals surface area contributed by atoms with Crippen molar-refractivity contribution < 1.29 is 4.79 Å². The van der Waals surface area contributed by atoms with Gasteiger partial charge in [0.05, 0.1) is 0 Å². The topological polar surface area (TPSA) is 17.1 Å². The third-order valence-corrected chi connectivity index (χ3v) is 2.32. The maximum absolute atomic E-state index is 11.2. The molecular weight excluding hydrogens is 160 g/mol. The lowest BCUT2D eigenvalue weighted by molar-refractivity contribution is -0.122. The number of hydrogen-bond donors (Lipinski definition) is 0. The number of carbonyl (C=O) groups excluding carboxylic acids is 1. The van der Waals surface area contributed by atoms with Gasteiger partial charge in [-0.2, -0.15) is 0 Å².